The van der Waals surface area contributed by atoms with Crippen molar-refractivity contribution in [2.45, 2.75) is 0 Å². The minimum atomic E-state index is 0. The Balaban J connectivity index is -0.0000000257. The largest absolute Gasteiger partial charge is 3.00 e. The Morgan fingerprint density at radius 2 is 0.700 bits per heavy atom. The summed E-state index contributed by atoms with van der Waals surface area (Å²) in [7, 11) is 0. The number of hydrogen-bond acceptors (Lipinski definition) is 3. The van der Waals surface area contributed by atoms with Gasteiger partial charge in [0.1, 0.15) is 0 Å². The van der Waals surface area contributed by atoms with Crippen molar-refractivity contribution in [2.75, 3.05) is 0 Å². The minimum Gasteiger partial charge on any atom is -0.665 e. The van der Waals surface area contributed by atoms with Crippen LogP contribution in [0.5, 0.6) is 0 Å². The normalized spacial score (nSPS) is 3.60. The average molecular weight is 344 g/mol. The molecule has 0 spiro atoms. The van der Waals surface area contributed by atoms with Crippen molar-refractivity contribution >= 4 is 45.6 Å². The van der Waals surface area contributed by atoms with Crippen molar-refractivity contribution in [2.24, 2.45) is 0 Å². The van der Waals surface area contributed by atoms with Crippen LogP contribution in [0, 0.1) is 0 Å². The molecule has 0 aliphatic carbocycles. The summed E-state index contributed by atoms with van der Waals surface area (Å²) in [4.78, 5) is 24.7. The van der Waals surface area contributed by atoms with Crippen LogP contribution < -0.4 is 0 Å². The molecule has 6 nitrogen and oxygen atoms in total. The van der Waals surface area contributed by atoms with Crippen molar-refractivity contribution in [3.8, 4) is 0 Å². The summed E-state index contributed by atoms with van der Waals surface area (Å²) >= 11 is 0. The maximum Gasteiger partial charge on any atom is 3.00 e. The van der Waals surface area contributed by atoms with Gasteiger partial charge >= 0.3 is 26.2 Å². The molecular formula is C3H3BiO6. The zero-order valence-corrected chi connectivity index (χ0v) is 7.99. The molecule has 0 heterocycles. The second kappa shape index (κ2) is 83.9. The molecule has 0 amide bonds. The second-order valence-corrected chi connectivity index (χ2v) is 0.274. The monoisotopic (exact) mass is 344 g/mol. The fraction of sp³-hybridized carbons (Fsp3) is 0. The van der Waals surface area contributed by atoms with Gasteiger partial charge in [0.2, 0.25) is 0 Å². The van der Waals surface area contributed by atoms with E-state index >= 15 is 0 Å². The number of rotatable bonds is 0. The van der Waals surface area contributed by atoms with Crippen LogP contribution in [0.4, 0.5) is 0 Å². The molecule has 0 saturated carbocycles. The second-order valence-electron chi connectivity index (χ2n) is 0.274. The van der Waals surface area contributed by atoms with E-state index < -0.39 is 0 Å². The van der Waals surface area contributed by atoms with E-state index in [1.165, 1.54) is 0 Å². The predicted octanol–water partition coefficient (Wildman–Crippen LogP) is -1.55. The third-order valence-electron chi connectivity index (χ3n) is 0. The molecule has 10 heavy (non-hydrogen) atoms. The van der Waals surface area contributed by atoms with E-state index in [4.69, 9.17) is 29.7 Å². The van der Waals surface area contributed by atoms with E-state index in [9.17, 15) is 0 Å². The van der Waals surface area contributed by atoms with Gasteiger partial charge in [-0.3, -0.25) is 0 Å². The van der Waals surface area contributed by atoms with E-state index in [0.717, 1.165) is 0 Å². The van der Waals surface area contributed by atoms with Gasteiger partial charge in [0.15, 0.2) is 0 Å². The molecule has 0 saturated heterocycles. The molecule has 0 aliphatic rings. The van der Waals surface area contributed by atoms with Crippen molar-refractivity contribution in [3.63, 3.8) is 0 Å². The van der Waals surface area contributed by atoms with Gasteiger partial charge in [-0.2, -0.15) is 0 Å². The zero-order chi connectivity index (χ0) is 8.12. The van der Waals surface area contributed by atoms with Crippen LogP contribution >= 0.6 is 0 Å². The molecule has 0 bridgehead atoms. The van der Waals surface area contributed by atoms with E-state index in [1.807, 2.05) is 0 Å². The van der Waals surface area contributed by atoms with Gasteiger partial charge in [-0.1, -0.05) is 19.4 Å². The third kappa shape index (κ3) is 578. The van der Waals surface area contributed by atoms with Crippen LogP contribution in [0.15, 0.2) is 0 Å². The fourth-order valence-electron chi connectivity index (χ4n) is 0. The Hall–Kier alpha value is -0.707. The van der Waals surface area contributed by atoms with Gasteiger partial charge in [0, 0.05) is 0 Å². The first-order valence-electron chi connectivity index (χ1n) is 1.28. The Kier molecular flexibility index (Phi) is 191. The predicted molar refractivity (Wildman–Crippen MR) is 30.7 cm³/mol. The Labute approximate surface area is 75.6 Å². The molecule has 0 aliphatic heterocycles. The summed E-state index contributed by atoms with van der Waals surface area (Å²) in [6.07, 6.45) is 0. The molecule has 0 atom stereocenters. The average Bonchev–Trinajstić information content (AvgIpc) is 1.70. The Morgan fingerprint density at radius 3 is 0.700 bits per heavy atom. The van der Waals surface area contributed by atoms with Crippen molar-refractivity contribution in [1.82, 2.24) is 0 Å². The van der Waals surface area contributed by atoms with Gasteiger partial charge in [-0.15, -0.1) is 0 Å². The van der Waals surface area contributed by atoms with Crippen molar-refractivity contribution < 1.29 is 29.7 Å². The molecule has 0 unspecified atom stereocenters. The van der Waals surface area contributed by atoms with Gasteiger partial charge in [-0.25, -0.2) is 0 Å². The van der Waals surface area contributed by atoms with Gasteiger partial charge in [0.05, 0.1) is 0 Å². The molecule has 56 valence electrons. The summed E-state index contributed by atoms with van der Waals surface area (Å²) in [5.74, 6) is 0. The third-order valence-corrected chi connectivity index (χ3v) is 0. The standard InChI is InChI=1S/3CHO2.Bi/c3*2-1-3;/h3*(H,2,3);/q3*-1;+3. The molecule has 3 N–H and O–H groups in total. The van der Waals surface area contributed by atoms with E-state index in [1.54, 1.807) is 0 Å². The van der Waals surface area contributed by atoms with Crippen LogP contribution in [0.25, 0.3) is 0 Å². The van der Waals surface area contributed by atoms with Crippen LogP contribution in [-0.4, -0.2) is 60.9 Å². The quantitative estimate of drug-likeness (QED) is 0.363. The summed E-state index contributed by atoms with van der Waals surface area (Å²) in [5.41, 5.74) is 0. The maximum atomic E-state index is 8.24. The fourth-order valence-corrected chi connectivity index (χ4v) is 0. The van der Waals surface area contributed by atoms with Crippen molar-refractivity contribution in [1.29, 1.82) is 0 Å². The molecule has 0 aromatic heterocycles. The number of hydrogen-bond donors (Lipinski definition) is 3. The van der Waals surface area contributed by atoms with Gasteiger partial charge in [-0.05, 0) is 0 Å². The summed E-state index contributed by atoms with van der Waals surface area (Å²) in [6.45, 7) is 1.50. The van der Waals surface area contributed by atoms with Crippen LogP contribution in [-0.2, 0) is 14.4 Å². The van der Waals surface area contributed by atoms with E-state index in [-0.39, 0.29) is 26.2 Å². The van der Waals surface area contributed by atoms with E-state index in [0.29, 0.717) is 19.4 Å². The first kappa shape index (κ1) is 22.8. The van der Waals surface area contributed by atoms with Crippen LogP contribution in [0.3, 0.4) is 0 Å². The van der Waals surface area contributed by atoms with Crippen LogP contribution in [0.2, 0.25) is 0 Å². The maximum absolute atomic E-state index is 8.24. The number of aliphatic hydroxyl groups excluding tert-OH is 3. The SMILES string of the molecule is O=[C-]O.O=[C-]O.O=[C-]O.[Bi+3]. The first-order valence-corrected chi connectivity index (χ1v) is 1.28. The summed E-state index contributed by atoms with van der Waals surface area (Å²) in [5, 5.41) is 20.3. The topological polar surface area (TPSA) is 112 Å². The Morgan fingerprint density at radius 1 is 0.700 bits per heavy atom. The molecular weight excluding hydrogens is 341 g/mol. The zero-order valence-electron chi connectivity index (χ0n) is 4.51. The van der Waals surface area contributed by atoms with Gasteiger partial charge in [0.25, 0.3) is 0 Å². The van der Waals surface area contributed by atoms with Gasteiger partial charge < -0.3 is 29.7 Å². The molecule has 0 fully saturated rings. The van der Waals surface area contributed by atoms with E-state index in [2.05, 4.69) is 0 Å². The molecule has 0 aromatic rings. The smallest absolute Gasteiger partial charge is 0.665 e. The molecule has 0 rings (SSSR count). The molecule has 7 heteroatoms. The summed E-state index contributed by atoms with van der Waals surface area (Å²) in [6, 6.07) is 0. The molecule has 0 aromatic carbocycles. The minimum absolute atomic E-state index is 0. The Bertz CT molecular complexity index is 49.7. The summed E-state index contributed by atoms with van der Waals surface area (Å²) < 4.78 is 0. The molecule has 2 radical (unpaired) electrons. The van der Waals surface area contributed by atoms with Crippen molar-refractivity contribution in [3.05, 3.63) is 0 Å². The first-order chi connectivity index (χ1) is 4.24. The van der Waals surface area contributed by atoms with Crippen LogP contribution in [0.1, 0.15) is 0 Å².